The van der Waals surface area contributed by atoms with Crippen LogP contribution in [0.3, 0.4) is 0 Å². The van der Waals surface area contributed by atoms with Gasteiger partial charge in [-0.15, -0.1) is 0 Å². The number of rotatable bonds is 6. The fraction of sp³-hybridized carbons (Fsp3) is 0.381. The molecule has 3 rings (SSSR count). The summed E-state index contributed by atoms with van der Waals surface area (Å²) < 4.78 is 0. The Bertz CT molecular complexity index is 696. The number of carbonyl (C=O) groups is 1. The molecule has 132 valence electrons. The standard InChI is InChI=1S/C21H26N2O2/c1-23(15-17-13-20(24)14-17)21(25)22-11-10-16-6-5-9-19(12-16)18-7-3-2-4-8-18/h2-9,12,17,20,24H,10-11,13-15H2,1H3,(H,22,25). The third-order valence-electron chi connectivity index (χ3n) is 4.81. The third-order valence-corrected chi connectivity index (χ3v) is 4.81. The van der Waals surface area contributed by atoms with Crippen molar-refractivity contribution in [3.63, 3.8) is 0 Å². The number of aliphatic hydroxyl groups excluding tert-OH is 1. The minimum Gasteiger partial charge on any atom is -0.393 e. The van der Waals surface area contributed by atoms with E-state index in [1.165, 1.54) is 16.7 Å². The van der Waals surface area contributed by atoms with Crippen molar-refractivity contribution in [1.82, 2.24) is 10.2 Å². The Morgan fingerprint density at radius 2 is 1.84 bits per heavy atom. The van der Waals surface area contributed by atoms with Crippen LogP contribution in [-0.4, -0.2) is 42.3 Å². The Labute approximate surface area is 149 Å². The second-order valence-electron chi connectivity index (χ2n) is 6.92. The van der Waals surface area contributed by atoms with Crippen molar-refractivity contribution in [2.75, 3.05) is 20.1 Å². The van der Waals surface area contributed by atoms with Gasteiger partial charge >= 0.3 is 6.03 Å². The summed E-state index contributed by atoms with van der Waals surface area (Å²) in [6.45, 7) is 1.33. The first-order valence-corrected chi connectivity index (χ1v) is 8.93. The minimum atomic E-state index is -0.168. The number of amides is 2. The van der Waals surface area contributed by atoms with E-state index >= 15 is 0 Å². The van der Waals surface area contributed by atoms with Crippen LogP contribution in [0.15, 0.2) is 54.6 Å². The molecular formula is C21H26N2O2. The zero-order chi connectivity index (χ0) is 17.6. The molecule has 4 nitrogen and oxygen atoms in total. The van der Waals surface area contributed by atoms with E-state index in [4.69, 9.17) is 0 Å². The molecule has 1 saturated carbocycles. The van der Waals surface area contributed by atoms with Crippen molar-refractivity contribution in [1.29, 1.82) is 0 Å². The molecule has 0 radical (unpaired) electrons. The van der Waals surface area contributed by atoms with E-state index in [2.05, 4.69) is 41.7 Å². The van der Waals surface area contributed by atoms with Crippen molar-refractivity contribution in [2.24, 2.45) is 5.92 Å². The summed E-state index contributed by atoms with van der Waals surface area (Å²) in [6, 6.07) is 18.7. The molecule has 2 N–H and O–H groups in total. The molecule has 1 aliphatic rings. The van der Waals surface area contributed by atoms with Crippen molar-refractivity contribution in [3.05, 3.63) is 60.2 Å². The molecule has 2 amide bonds. The van der Waals surface area contributed by atoms with Gasteiger partial charge in [0.2, 0.25) is 0 Å². The average molecular weight is 338 g/mol. The Balaban J connectivity index is 1.46. The Kier molecular flexibility index (Phi) is 5.71. The van der Waals surface area contributed by atoms with E-state index < -0.39 is 0 Å². The molecule has 0 spiro atoms. The fourth-order valence-corrected chi connectivity index (χ4v) is 3.31. The van der Waals surface area contributed by atoms with Crippen LogP contribution >= 0.6 is 0 Å². The summed E-state index contributed by atoms with van der Waals surface area (Å²) in [4.78, 5) is 13.9. The van der Waals surface area contributed by atoms with Gasteiger partial charge in [0.1, 0.15) is 0 Å². The lowest BCUT2D eigenvalue weighted by Crippen LogP contribution is -2.44. The fourth-order valence-electron chi connectivity index (χ4n) is 3.31. The number of hydrogen-bond donors (Lipinski definition) is 2. The van der Waals surface area contributed by atoms with Crippen LogP contribution in [0.25, 0.3) is 11.1 Å². The summed E-state index contributed by atoms with van der Waals surface area (Å²) in [5, 5.41) is 12.3. The molecule has 25 heavy (non-hydrogen) atoms. The number of benzene rings is 2. The summed E-state index contributed by atoms with van der Waals surface area (Å²) in [6.07, 6.45) is 2.26. The SMILES string of the molecule is CN(CC1CC(O)C1)C(=O)NCCc1cccc(-c2ccccc2)c1. The molecule has 0 aliphatic heterocycles. The molecule has 4 heteroatoms. The quantitative estimate of drug-likeness (QED) is 0.849. The van der Waals surface area contributed by atoms with Gasteiger partial charge in [-0.3, -0.25) is 0 Å². The van der Waals surface area contributed by atoms with Crippen LogP contribution in [0.2, 0.25) is 0 Å². The first kappa shape index (κ1) is 17.5. The summed E-state index contributed by atoms with van der Waals surface area (Å²) >= 11 is 0. The van der Waals surface area contributed by atoms with E-state index in [0.29, 0.717) is 19.0 Å². The molecule has 0 unspecified atom stereocenters. The van der Waals surface area contributed by atoms with E-state index in [-0.39, 0.29) is 12.1 Å². The normalized spacial score (nSPS) is 19.1. The van der Waals surface area contributed by atoms with Crippen molar-refractivity contribution in [2.45, 2.75) is 25.4 Å². The predicted octanol–water partition coefficient (Wildman–Crippen LogP) is 3.31. The number of nitrogens with zero attached hydrogens (tertiary/aromatic N) is 1. The predicted molar refractivity (Wildman–Crippen MR) is 100 cm³/mol. The van der Waals surface area contributed by atoms with Crippen LogP contribution in [0.1, 0.15) is 18.4 Å². The van der Waals surface area contributed by atoms with Gasteiger partial charge in [0.15, 0.2) is 0 Å². The monoisotopic (exact) mass is 338 g/mol. The molecule has 1 fully saturated rings. The molecule has 0 bridgehead atoms. The van der Waals surface area contributed by atoms with Crippen LogP contribution < -0.4 is 5.32 Å². The number of aliphatic hydroxyl groups is 1. The lowest BCUT2D eigenvalue weighted by molar-refractivity contribution is 0.0325. The highest BCUT2D eigenvalue weighted by atomic mass is 16.3. The van der Waals surface area contributed by atoms with Crippen LogP contribution in [0, 0.1) is 5.92 Å². The smallest absolute Gasteiger partial charge is 0.317 e. The topological polar surface area (TPSA) is 52.6 Å². The highest BCUT2D eigenvalue weighted by molar-refractivity contribution is 5.73. The Morgan fingerprint density at radius 1 is 1.12 bits per heavy atom. The first-order chi connectivity index (χ1) is 12.1. The van der Waals surface area contributed by atoms with Crippen LogP contribution in [0.4, 0.5) is 4.79 Å². The zero-order valence-electron chi connectivity index (χ0n) is 14.7. The van der Waals surface area contributed by atoms with E-state index in [1.807, 2.05) is 25.2 Å². The second-order valence-corrected chi connectivity index (χ2v) is 6.92. The van der Waals surface area contributed by atoms with Gasteiger partial charge in [-0.05, 0) is 41.9 Å². The molecule has 0 heterocycles. The lowest BCUT2D eigenvalue weighted by atomic mass is 9.82. The van der Waals surface area contributed by atoms with Crippen molar-refractivity contribution < 1.29 is 9.90 Å². The lowest BCUT2D eigenvalue weighted by Gasteiger charge is -2.34. The van der Waals surface area contributed by atoms with E-state index in [9.17, 15) is 9.90 Å². The van der Waals surface area contributed by atoms with Gasteiger partial charge < -0.3 is 15.3 Å². The molecule has 0 atom stereocenters. The Morgan fingerprint density at radius 3 is 2.56 bits per heavy atom. The van der Waals surface area contributed by atoms with E-state index in [0.717, 1.165) is 19.3 Å². The maximum atomic E-state index is 12.1. The minimum absolute atomic E-state index is 0.0411. The second kappa shape index (κ2) is 8.17. The van der Waals surface area contributed by atoms with Gasteiger partial charge in [-0.2, -0.15) is 0 Å². The van der Waals surface area contributed by atoms with Crippen LogP contribution in [-0.2, 0) is 6.42 Å². The number of nitrogens with one attached hydrogen (secondary N) is 1. The van der Waals surface area contributed by atoms with Crippen LogP contribution in [0.5, 0.6) is 0 Å². The highest BCUT2D eigenvalue weighted by Crippen LogP contribution is 2.27. The van der Waals surface area contributed by atoms with Gasteiger partial charge in [-0.1, -0.05) is 54.6 Å². The third kappa shape index (κ3) is 4.83. The summed E-state index contributed by atoms with van der Waals surface area (Å²) in [5.41, 5.74) is 3.62. The van der Waals surface area contributed by atoms with Gasteiger partial charge in [0, 0.05) is 20.1 Å². The van der Waals surface area contributed by atoms with Crippen molar-refractivity contribution in [3.8, 4) is 11.1 Å². The Hall–Kier alpha value is -2.33. The van der Waals surface area contributed by atoms with Gasteiger partial charge in [0.05, 0.1) is 6.10 Å². The molecule has 0 saturated heterocycles. The maximum absolute atomic E-state index is 12.1. The molecule has 2 aromatic carbocycles. The molecule has 2 aromatic rings. The average Bonchev–Trinajstić information content (AvgIpc) is 2.61. The van der Waals surface area contributed by atoms with Gasteiger partial charge in [0.25, 0.3) is 0 Å². The highest BCUT2D eigenvalue weighted by Gasteiger charge is 2.28. The summed E-state index contributed by atoms with van der Waals surface area (Å²) in [5.74, 6) is 0.438. The number of hydrogen-bond acceptors (Lipinski definition) is 2. The van der Waals surface area contributed by atoms with E-state index in [1.54, 1.807) is 4.90 Å². The number of urea groups is 1. The first-order valence-electron chi connectivity index (χ1n) is 8.93. The number of carbonyl (C=O) groups excluding carboxylic acids is 1. The molecule has 0 aromatic heterocycles. The van der Waals surface area contributed by atoms with Gasteiger partial charge in [-0.25, -0.2) is 4.79 Å². The largest absolute Gasteiger partial charge is 0.393 e. The maximum Gasteiger partial charge on any atom is 0.317 e. The molecular weight excluding hydrogens is 312 g/mol. The molecule has 1 aliphatic carbocycles. The zero-order valence-corrected chi connectivity index (χ0v) is 14.7. The summed E-state index contributed by atoms with van der Waals surface area (Å²) in [7, 11) is 1.82. The van der Waals surface area contributed by atoms with Crippen molar-refractivity contribution >= 4 is 6.03 Å².